The number of ether oxygens (including phenoxy) is 1. The zero-order chi connectivity index (χ0) is 20.4. The first-order valence-corrected chi connectivity index (χ1v) is 9.26. The van der Waals surface area contributed by atoms with Crippen LogP contribution in [0.15, 0.2) is 36.5 Å². The number of hydrogen-bond donors (Lipinski definition) is 0. The summed E-state index contributed by atoms with van der Waals surface area (Å²) in [7, 11) is 3.40. The molecule has 0 aliphatic carbocycles. The van der Waals surface area contributed by atoms with Crippen molar-refractivity contribution in [3.8, 4) is 11.4 Å². The van der Waals surface area contributed by atoms with Crippen LogP contribution in [-0.4, -0.2) is 39.5 Å². The van der Waals surface area contributed by atoms with Gasteiger partial charge in [0.25, 0.3) is 5.91 Å². The molecule has 0 aliphatic heterocycles. The Morgan fingerprint density at radius 3 is 2.54 bits per heavy atom. The van der Waals surface area contributed by atoms with E-state index in [9.17, 15) is 4.79 Å². The Kier molecular flexibility index (Phi) is 5.70. The molecule has 1 aromatic carbocycles. The fourth-order valence-corrected chi connectivity index (χ4v) is 3.40. The fraction of sp³-hybridized carbons (Fsp3) is 0.286. The first-order chi connectivity index (χ1) is 13.3. The minimum absolute atomic E-state index is 0.223. The van der Waals surface area contributed by atoms with Gasteiger partial charge in [-0.1, -0.05) is 11.6 Å². The number of carbonyl (C=O) groups excluding carboxylic acids is 1. The first-order valence-electron chi connectivity index (χ1n) is 8.88. The van der Waals surface area contributed by atoms with Crippen molar-refractivity contribution in [2.45, 2.75) is 27.3 Å². The van der Waals surface area contributed by atoms with E-state index in [4.69, 9.17) is 16.3 Å². The van der Waals surface area contributed by atoms with Gasteiger partial charge in [0.2, 0.25) is 0 Å². The number of amides is 1. The highest BCUT2D eigenvalue weighted by Gasteiger charge is 2.20. The molecule has 1 amide bonds. The highest BCUT2D eigenvalue weighted by atomic mass is 35.5. The molecule has 3 rings (SSSR count). The van der Waals surface area contributed by atoms with Gasteiger partial charge in [0.05, 0.1) is 18.3 Å². The molecule has 146 valence electrons. The van der Waals surface area contributed by atoms with Gasteiger partial charge in [0.15, 0.2) is 5.69 Å². The molecular formula is C21H23ClN4O2. The van der Waals surface area contributed by atoms with Gasteiger partial charge in [-0.05, 0) is 56.7 Å². The fourth-order valence-electron chi connectivity index (χ4n) is 3.23. The Hall–Kier alpha value is -2.86. The van der Waals surface area contributed by atoms with E-state index in [1.54, 1.807) is 26.0 Å². The van der Waals surface area contributed by atoms with E-state index >= 15 is 0 Å². The highest BCUT2D eigenvalue weighted by Crippen LogP contribution is 2.24. The van der Waals surface area contributed by atoms with Gasteiger partial charge in [-0.3, -0.25) is 4.79 Å². The number of nitrogens with zero attached hydrogens (tertiary/aromatic N) is 4. The van der Waals surface area contributed by atoms with Crippen LogP contribution in [-0.2, 0) is 6.54 Å². The summed E-state index contributed by atoms with van der Waals surface area (Å²) in [4.78, 5) is 22.6. The van der Waals surface area contributed by atoms with Crippen molar-refractivity contribution in [3.05, 3.63) is 70.0 Å². The molecule has 0 aliphatic rings. The maximum atomic E-state index is 12.8. The first kappa shape index (κ1) is 19.9. The van der Waals surface area contributed by atoms with E-state index in [2.05, 4.69) is 20.6 Å². The van der Waals surface area contributed by atoms with E-state index in [0.717, 1.165) is 28.4 Å². The molecule has 7 heteroatoms. The molecule has 0 N–H and O–H groups in total. The van der Waals surface area contributed by atoms with Crippen LogP contribution in [0.25, 0.3) is 5.69 Å². The van der Waals surface area contributed by atoms with Crippen molar-refractivity contribution in [3.63, 3.8) is 0 Å². The monoisotopic (exact) mass is 398 g/mol. The molecule has 0 spiro atoms. The Labute approximate surface area is 169 Å². The zero-order valence-corrected chi connectivity index (χ0v) is 17.4. The predicted octanol–water partition coefficient (Wildman–Crippen LogP) is 4.13. The normalized spacial score (nSPS) is 10.8. The lowest BCUT2D eigenvalue weighted by molar-refractivity contribution is 0.0779. The van der Waals surface area contributed by atoms with Crippen LogP contribution >= 0.6 is 11.6 Å². The number of methoxy groups -OCH3 is 1. The van der Waals surface area contributed by atoms with Gasteiger partial charge >= 0.3 is 0 Å². The second-order valence-electron chi connectivity index (χ2n) is 6.70. The third kappa shape index (κ3) is 3.87. The largest absolute Gasteiger partial charge is 0.497 e. The number of rotatable bonds is 5. The summed E-state index contributed by atoms with van der Waals surface area (Å²) in [5.74, 6) is 1.09. The summed E-state index contributed by atoms with van der Waals surface area (Å²) in [6.07, 6.45) is 1.46. The number of benzene rings is 1. The van der Waals surface area contributed by atoms with Crippen molar-refractivity contribution in [2.75, 3.05) is 14.2 Å². The van der Waals surface area contributed by atoms with Crippen LogP contribution in [0.2, 0.25) is 5.02 Å². The summed E-state index contributed by atoms with van der Waals surface area (Å²) < 4.78 is 7.40. The average Bonchev–Trinajstić information content (AvgIpc) is 2.96. The van der Waals surface area contributed by atoms with E-state index in [0.29, 0.717) is 12.4 Å². The third-order valence-corrected chi connectivity index (χ3v) is 4.96. The van der Waals surface area contributed by atoms with Crippen molar-refractivity contribution in [1.82, 2.24) is 19.4 Å². The SMILES string of the molecule is COc1ccc(-n2c(C)cc(CN(C)C(=O)c3nc(C)ncc3Cl)c2C)cc1. The standard InChI is InChI=1S/C21H23ClN4O2/c1-13-10-16(14(2)26(13)17-6-8-18(28-5)9-7-17)12-25(4)21(27)20-19(22)11-23-15(3)24-20/h6-11H,12H2,1-5H3. The highest BCUT2D eigenvalue weighted by molar-refractivity contribution is 6.33. The second-order valence-corrected chi connectivity index (χ2v) is 7.11. The maximum Gasteiger partial charge on any atom is 0.274 e. The summed E-state index contributed by atoms with van der Waals surface area (Å²) in [6, 6.07) is 9.99. The molecule has 0 saturated heterocycles. The molecular weight excluding hydrogens is 376 g/mol. The lowest BCUT2D eigenvalue weighted by Crippen LogP contribution is -2.27. The summed E-state index contributed by atoms with van der Waals surface area (Å²) in [6.45, 7) is 6.28. The van der Waals surface area contributed by atoms with Crippen LogP contribution in [0, 0.1) is 20.8 Å². The molecule has 28 heavy (non-hydrogen) atoms. The maximum absolute atomic E-state index is 12.8. The van der Waals surface area contributed by atoms with Gasteiger partial charge in [0.1, 0.15) is 11.6 Å². The van der Waals surface area contributed by atoms with E-state index < -0.39 is 0 Å². The van der Waals surface area contributed by atoms with Crippen LogP contribution < -0.4 is 4.74 Å². The van der Waals surface area contributed by atoms with E-state index in [1.165, 1.54) is 6.20 Å². The predicted molar refractivity (Wildman–Crippen MR) is 109 cm³/mol. The van der Waals surface area contributed by atoms with Crippen molar-refractivity contribution >= 4 is 17.5 Å². The smallest absolute Gasteiger partial charge is 0.274 e. The molecule has 3 aromatic rings. The molecule has 2 heterocycles. The number of carbonyl (C=O) groups is 1. The second kappa shape index (κ2) is 8.02. The van der Waals surface area contributed by atoms with Crippen molar-refractivity contribution in [1.29, 1.82) is 0 Å². The van der Waals surface area contributed by atoms with Gasteiger partial charge in [-0.15, -0.1) is 0 Å². The summed E-state index contributed by atoms with van der Waals surface area (Å²) in [5.41, 5.74) is 4.50. The average molecular weight is 399 g/mol. The van der Waals surface area contributed by atoms with E-state index in [-0.39, 0.29) is 16.6 Å². The van der Waals surface area contributed by atoms with Gasteiger partial charge in [-0.25, -0.2) is 9.97 Å². The van der Waals surface area contributed by atoms with Crippen LogP contribution in [0.3, 0.4) is 0 Å². The molecule has 0 saturated carbocycles. The Balaban J connectivity index is 1.86. The van der Waals surface area contributed by atoms with Crippen molar-refractivity contribution < 1.29 is 9.53 Å². The molecule has 6 nitrogen and oxygen atoms in total. The Morgan fingerprint density at radius 1 is 1.21 bits per heavy atom. The summed E-state index contributed by atoms with van der Waals surface area (Å²) >= 11 is 6.12. The number of hydrogen-bond acceptors (Lipinski definition) is 4. The van der Waals surface area contributed by atoms with Gasteiger partial charge in [0, 0.05) is 30.7 Å². The van der Waals surface area contributed by atoms with Crippen LogP contribution in [0.1, 0.15) is 33.3 Å². The Bertz CT molecular complexity index is 1010. The lowest BCUT2D eigenvalue weighted by Gasteiger charge is -2.18. The minimum Gasteiger partial charge on any atom is -0.497 e. The quantitative estimate of drug-likeness (QED) is 0.648. The number of aryl methyl sites for hydroxylation is 2. The minimum atomic E-state index is -0.232. The molecule has 0 radical (unpaired) electrons. The molecule has 0 bridgehead atoms. The Morgan fingerprint density at radius 2 is 1.89 bits per heavy atom. The topological polar surface area (TPSA) is 60.2 Å². The molecule has 0 unspecified atom stereocenters. The van der Waals surface area contributed by atoms with E-state index in [1.807, 2.05) is 38.1 Å². The molecule has 2 aromatic heterocycles. The number of halogens is 1. The summed E-state index contributed by atoms with van der Waals surface area (Å²) in [5, 5.41) is 0.256. The molecule has 0 fully saturated rings. The zero-order valence-electron chi connectivity index (χ0n) is 16.7. The lowest BCUT2D eigenvalue weighted by atomic mass is 10.2. The van der Waals surface area contributed by atoms with Crippen molar-refractivity contribution in [2.24, 2.45) is 0 Å². The van der Waals surface area contributed by atoms with Gasteiger partial charge < -0.3 is 14.2 Å². The van der Waals surface area contributed by atoms with Crippen LogP contribution in [0.5, 0.6) is 5.75 Å². The third-order valence-electron chi connectivity index (χ3n) is 4.69. The van der Waals surface area contributed by atoms with Gasteiger partial charge in [-0.2, -0.15) is 0 Å². The number of aromatic nitrogens is 3. The van der Waals surface area contributed by atoms with Crippen LogP contribution in [0.4, 0.5) is 0 Å². The molecule has 0 atom stereocenters.